The molecule has 1 saturated heterocycles. The van der Waals surface area contributed by atoms with E-state index >= 15 is 0 Å². The third-order valence-corrected chi connectivity index (χ3v) is 9.22. The summed E-state index contributed by atoms with van der Waals surface area (Å²) in [6, 6.07) is 10.6. The molecule has 1 amide bonds. The van der Waals surface area contributed by atoms with E-state index < -0.39 is 6.04 Å². The van der Waals surface area contributed by atoms with Crippen LogP contribution in [0.3, 0.4) is 0 Å². The standard InChI is InChI=1S/C32H46N4O/c1-22-16-23(2)26(24(3)17-22)19-28(33)31(37)35-30-10-14-34-29-9-8-25(18-27(29)30)20-36-15-7-13-32(21-36)11-5-4-6-12-32/h8-9,16-18,28,30,34H,4-7,10-15,19-21,33H2,1-3H3,(H,35,37). The predicted molar refractivity (Wildman–Crippen MR) is 153 cm³/mol. The first-order valence-electron chi connectivity index (χ1n) is 14.5. The second-order valence-corrected chi connectivity index (χ2v) is 12.3. The summed E-state index contributed by atoms with van der Waals surface area (Å²) in [6.07, 6.45) is 11.2. The van der Waals surface area contributed by atoms with Crippen molar-refractivity contribution < 1.29 is 4.79 Å². The van der Waals surface area contributed by atoms with E-state index in [0.29, 0.717) is 11.8 Å². The Labute approximate surface area is 223 Å². The van der Waals surface area contributed by atoms with Crippen LogP contribution >= 0.6 is 0 Å². The zero-order valence-electron chi connectivity index (χ0n) is 23.2. The smallest absolute Gasteiger partial charge is 0.237 e. The van der Waals surface area contributed by atoms with Crippen molar-refractivity contribution in [2.45, 2.75) is 97.2 Å². The molecule has 2 heterocycles. The van der Waals surface area contributed by atoms with Gasteiger partial charge in [-0.1, -0.05) is 49.1 Å². The average Bonchev–Trinajstić information content (AvgIpc) is 2.87. The molecule has 2 aliphatic heterocycles. The van der Waals surface area contributed by atoms with Crippen LogP contribution in [0.25, 0.3) is 0 Å². The molecule has 5 rings (SSSR count). The van der Waals surface area contributed by atoms with Gasteiger partial charge in [-0.25, -0.2) is 0 Å². The van der Waals surface area contributed by atoms with Gasteiger partial charge in [0.1, 0.15) is 0 Å². The highest BCUT2D eigenvalue weighted by Gasteiger charge is 2.36. The molecule has 5 nitrogen and oxygen atoms in total. The molecule has 2 aromatic rings. The quantitative estimate of drug-likeness (QED) is 0.474. The summed E-state index contributed by atoms with van der Waals surface area (Å²) in [5.74, 6) is -0.0575. The van der Waals surface area contributed by atoms with E-state index in [0.717, 1.165) is 25.2 Å². The molecule has 1 saturated carbocycles. The van der Waals surface area contributed by atoms with Gasteiger partial charge in [-0.15, -0.1) is 0 Å². The second-order valence-electron chi connectivity index (χ2n) is 12.3. The third kappa shape index (κ3) is 6.04. The van der Waals surface area contributed by atoms with Gasteiger partial charge in [0.15, 0.2) is 0 Å². The van der Waals surface area contributed by atoms with Crippen molar-refractivity contribution in [2.75, 3.05) is 25.0 Å². The third-order valence-electron chi connectivity index (χ3n) is 9.22. The second kappa shape index (κ2) is 11.2. The number of nitrogens with zero attached hydrogens (tertiary/aromatic N) is 1. The van der Waals surface area contributed by atoms with Gasteiger partial charge >= 0.3 is 0 Å². The molecule has 2 aromatic carbocycles. The Balaban J connectivity index is 1.25. The molecular formula is C32H46N4O. The summed E-state index contributed by atoms with van der Waals surface area (Å²) in [7, 11) is 0. The first kappa shape index (κ1) is 26.2. The molecule has 0 radical (unpaired) electrons. The summed E-state index contributed by atoms with van der Waals surface area (Å²) in [5, 5.41) is 6.84. The van der Waals surface area contributed by atoms with Gasteiger partial charge in [-0.3, -0.25) is 9.69 Å². The van der Waals surface area contributed by atoms with Gasteiger partial charge in [0, 0.05) is 25.3 Å². The number of rotatable bonds is 6. The van der Waals surface area contributed by atoms with E-state index in [9.17, 15) is 4.79 Å². The van der Waals surface area contributed by atoms with Crippen LogP contribution in [0.2, 0.25) is 0 Å². The van der Waals surface area contributed by atoms with Crippen molar-refractivity contribution in [3.8, 4) is 0 Å². The molecule has 5 heteroatoms. The zero-order valence-corrected chi connectivity index (χ0v) is 23.2. The minimum absolute atomic E-state index is 0.000930. The van der Waals surface area contributed by atoms with Gasteiger partial charge in [0.25, 0.3) is 0 Å². The normalized spacial score (nSPS) is 22.2. The van der Waals surface area contributed by atoms with Crippen molar-refractivity contribution >= 4 is 11.6 Å². The van der Waals surface area contributed by atoms with Crippen LogP contribution in [0.15, 0.2) is 30.3 Å². The number of nitrogens with one attached hydrogen (secondary N) is 2. The SMILES string of the molecule is Cc1cc(C)c(CC(N)C(=O)NC2CCNc3ccc(CN4CCCC5(CCCCC5)C4)cc32)c(C)c1. The number of amides is 1. The first-order valence-corrected chi connectivity index (χ1v) is 14.5. The minimum atomic E-state index is -0.554. The zero-order chi connectivity index (χ0) is 26.0. The maximum Gasteiger partial charge on any atom is 0.237 e. The highest BCUT2D eigenvalue weighted by molar-refractivity contribution is 5.82. The van der Waals surface area contributed by atoms with Gasteiger partial charge in [-0.2, -0.15) is 0 Å². The highest BCUT2D eigenvalue weighted by atomic mass is 16.2. The molecule has 2 atom stereocenters. The summed E-state index contributed by atoms with van der Waals surface area (Å²) < 4.78 is 0. The Morgan fingerprint density at radius 3 is 2.57 bits per heavy atom. The summed E-state index contributed by atoms with van der Waals surface area (Å²) in [6.45, 7) is 10.6. The lowest BCUT2D eigenvalue weighted by atomic mass is 9.69. The number of carbonyl (C=O) groups is 1. The largest absolute Gasteiger partial charge is 0.385 e. The maximum atomic E-state index is 13.2. The molecule has 0 aromatic heterocycles. The van der Waals surface area contributed by atoms with Crippen LogP contribution < -0.4 is 16.4 Å². The lowest BCUT2D eigenvalue weighted by Crippen LogP contribution is -2.45. The molecule has 2 fully saturated rings. The fourth-order valence-corrected chi connectivity index (χ4v) is 7.35. The number of hydrogen-bond donors (Lipinski definition) is 3. The lowest BCUT2D eigenvalue weighted by Gasteiger charge is -2.45. The van der Waals surface area contributed by atoms with E-state index in [1.165, 1.54) is 91.4 Å². The highest BCUT2D eigenvalue weighted by Crippen LogP contribution is 2.43. The van der Waals surface area contributed by atoms with E-state index in [2.05, 4.69) is 66.6 Å². The van der Waals surface area contributed by atoms with Crippen molar-refractivity contribution in [2.24, 2.45) is 11.1 Å². The van der Waals surface area contributed by atoms with Crippen molar-refractivity contribution in [3.05, 3.63) is 63.7 Å². The number of likely N-dealkylation sites (tertiary alicyclic amines) is 1. The molecule has 2 unspecified atom stereocenters. The van der Waals surface area contributed by atoms with Crippen LogP contribution in [-0.4, -0.2) is 36.5 Å². The fourth-order valence-electron chi connectivity index (χ4n) is 7.35. The van der Waals surface area contributed by atoms with Crippen LogP contribution in [0.1, 0.15) is 90.8 Å². The Hall–Kier alpha value is -2.37. The van der Waals surface area contributed by atoms with E-state index in [4.69, 9.17) is 5.73 Å². The number of carbonyl (C=O) groups excluding carboxylic acids is 1. The number of fused-ring (bicyclic) bond motifs is 1. The maximum absolute atomic E-state index is 13.2. The number of benzene rings is 2. The number of anilines is 1. The Morgan fingerprint density at radius 1 is 1.08 bits per heavy atom. The Bertz CT molecular complexity index is 1090. The summed E-state index contributed by atoms with van der Waals surface area (Å²) in [4.78, 5) is 15.9. The monoisotopic (exact) mass is 502 g/mol. The van der Waals surface area contributed by atoms with Crippen LogP contribution in [0.4, 0.5) is 5.69 Å². The fraction of sp³-hybridized carbons (Fsp3) is 0.594. The van der Waals surface area contributed by atoms with Gasteiger partial charge in [-0.05, 0) is 105 Å². The molecule has 37 heavy (non-hydrogen) atoms. The number of aryl methyl sites for hydroxylation is 3. The minimum Gasteiger partial charge on any atom is -0.385 e. The molecule has 200 valence electrons. The van der Waals surface area contributed by atoms with Crippen LogP contribution in [0, 0.1) is 26.2 Å². The van der Waals surface area contributed by atoms with Crippen molar-refractivity contribution in [1.29, 1.82) is 0 Å². The van der Waals surface area contributed by atoms with Crippen LogP contribution in [0.5, 0.6) is 0 Å². The van der Waals surface area contributed by atoms with Gasteiger partial charge in [0.05, 0.1) is 12.1 Å². The van der Waals surface area contributed by atoms with E-state index in [1.54, 1.807) is 0 Å². The van der Waals surface area contributed by atoms with Crippen molar-refractivity contribution in [1.82, 2.24) is 10.2 Å². The first-order chi connectivity index (χ1) is 17.8. The summed E-state index contributed by atoms with van der Waals surface area (Å²) >= 11 is 0. The van der Waals surface area contributed by atoms with Crippen LogP contribution in [-0.2, 0) is 17.8 Å². The molecule has 0 bridgehead atoms. The Morgan fingerprint density at radius 2 is 1.81 bits per heavy atom. The molecule has 3 aliphatic rings. The van der Waals surface area contributed by atoms with E-state index in [-0.39, 0.29) is 11.9 Å². The molecule has 1 aliphatic carbocycles. The molecular weight excluding hydrogens is 456 g/mol. The van der Waals surface area contributed by atoms with Gasteiger partial charge < -0.3 is 16.4 Å². The topological polar surface area (TPSA) is 70.4 Å². The van der Waals surface area contributed by atoms with Crippen molar-refractivity contribution in [3.63, 3.8) is 0 Å². The average molecular weight is 503 g/mol. The molecule has 4 N–H and O–H groups in total. The van der Waals surface area contributed by atoms with Gasteiger partial charge in [0.2, 0.25) is 5.91 Å². The Kier molecular flexibility index (Phi) is 7.92. The molecule has 1 spiro atoms. The number of hydrogen-bond acceptors (Lipinski definition) is 4. The number of piperidine rings is 1. The predicted octanol–water partition coefficient (Wildman–Crippen LogP) is 5.70. The lowest BCUT2D eigenvalue weighted by molar-refractivity contribution is -0.123. The van der Waals surface area contributed by atoms with E-state index in [1.807, 2.05) is 0 Å². The summed E-state index contributed by atoms with van der Waals surface area (Å²) in [5.41, 5.74) is 15.6. The number of nitrogens with two attached hydrogens (primary N) is 1.